The lowest BCUT2D eigenvalue weighted by Gasteiger charge is -2.08. The van der Waals surface area contributed by atoms with Gasteiger partial charge in [-0.05, 0) is 18.6 Å². The Kier molecular flexibility index (Phi) is 7.63. The molecule has 0 aliphatic heterocycles. The van der Waals surface area contributed by atoms with Crippen LogP contribution in [0.2, 0.25) is 0 Å². The van der Waals surface area contributed by atoms with Gasteiger partial charge < -0.3 is 10.6 Å². The molecule has 3 aromatic rings. The van der Waals surface area contributed by atoms with Crippen LogP contribution in [0.1, 0.15) is 43.0 Å². The van der Waals surface area contributed by atoms with Gasteiger partial charge >= 0.3 is 6.18 Å². The van der Waals surface area contributed by atoms with Gasteiger partial charge in [0.2, 0.25) is 5.01 Å². The molecular formula is C18H18F4N8O2S. The molecule has 0 saturated heterocycles. The number of carbonyl (C=O) groups excluding carboxylic acids is 2. The average molecular weight is 486 g/mol. The molecule has 176 valence electrons. The van der Waals surface area contributed by atoms with Crippen molar-refractivity contribution in [1.29, 1.82) is 0 Å². The Hall–Kier alpha value is -3.49. The number of amides is 2. The molecule has 0 fully saturated rings. The second-order valence-corrected chi connectivity index (χ2v) is 7.82. The van der Waals surface area contributed by atoms with E-state index in [1.165, 1.54) is 17.9 Å². The highest BCUT2D eigenvalue weighted by atomic mass is 32.1. The fraction of sp³-hybridized carbons (Fsp3) is 0.389. The van der Waals surface area contributed by atoms with Gasteiger partial charge in [0.1, 0.15) is 11.2 Å². The van der Waals surface area contributed by atoms with Crippen molar-refractivity contribution in [3.63, 3.8) is 0 Å². The molecule has 0 aliphatic rings. The van der Waals surface area contributed by atoms with Crippen LogP contribution in [0.3, 0.4) is 0 Å². The van der Waals surface area contributed by atoms with Gasteiger partial charge in [-0.25, -0.2) is 9.07 Å². The average Bonchev–Trinajstić information content (AvgIpc) is 3.45. The largest absolute Gasteiger partial charge is 0.416 e. The Labute approximate surface area is 188 Å². The number of aryl methyl sites for hydroxylation is 1. The molecule has 15 heteroatoms. The van der Waals surface area contributed by atoms with Crippen molar-refractivity contribution in [3.8, 4) is 0 Å². The van der Waals surface area contributed by atoms with E-state index >= 15 is 0 Å². The van der Waals surface area contributed by atoms with E-state index in [-0.39, 0.29) is 42.3 Å². The summed E-state index contributed by atoms with van der Waals surface area (Å²) in [6.45, 7) is -0.333. The first kappa shape index (κ1) is 24.2. The molecule has 0 saturated carbocycles. The van der Waals surface area contributed by atoms with Gasteiger partial charge in [-0.1, -0.05) is 16.6 Å². The number of alkyl halides is 4. The number of halogens is 4. The molecule has 0 aromatic carbocycles. The summed E-state index contributed by atoms with van der Waals surface area (Å²) >= 11 is 0.954. The predicted molar refractivity (Wildman–Crippen MR) is 107 cm³/mol. The van der Waals surface area contributed by atoms with Gasteiger partial charge in [-0.3, -0.25) is 14.6 Å². The number of hydrogen-bond donors (Lipinski definition) is 2. The van der Waals surface area contributed by atoms with Crippen LogP contribution in [0.4, 0.5) is 17.6 Å². The first-order valence-electron chi connectivity index (χ1n) is 9.54. The number of nitrogens with zero attached hydrogens (tertiary/aromatic N) is 6. The van der Waals surface area contributed by atoms with E-state index in [4.69, 9.17) is 0 Å². The van der Waals surface area contributed by atoms with Crippen molar-refractivity contribution in [2.24, 2.45) is 0 Å². The van der Waals surface area contributed by atoms with Gasteiger partial charge in [0.15, 0.2) is 5.69 Å². The van der Waals surface area contributed by atoms with Crippen LogP contribution in [0.5, 0.6) is 0 Å². The Morgan fingerprint density at radius 1 is 1.21 bits per heavy atom. The van der Waals surface area contributed by atoms with Crippen molar-refractivity contribution >= 4 is 23.2 Å². The van der Waals surface area contributed by atoms with E-state index in [0.29, 0.717) is 5.01 Å². The second kappa shape index (κ2) is 10.4. The van der Waals surface area contributed by atoms with Crippen LogP contribution >= 0.6 is 11.3 Å². The lowest BCUT2D eigenvalue weighted by Crippen LogP contribution is -2.23. The number of aromatic nitrogens is 6. The molecule has 2 N–H and O–H groups in total. The summed E-state index contributed by atoms with van der Waals surface area (Å²) in [5.74, 6) is -1.06. The maximum absolute atomic E-state index is 14.3. The maximum Gasteiger partial charge on any atom is 0.416 e. The Morgan fingerprint density at radius 2 is 2.00 bits per heavy atom. The van der Waals surface area contributed by atoms with Crippen LogP contribution in [-0.4, -0.2) is 55.2 Å². The summed E-state index contributed by atoms with van der Waals surface area (Å²) in [7, 11) is 1.44. The van der Waals surface area contributed by atoms with Crippen LogP contribution in [0, 0.1) is 0 Å². The number of pyridine rings is 1. The number of rotatable bonds is 9. The van der Waals surface area contributed by atoms with E-state index in [2.05, 4.69) is 36.1 Å². The van der Waals surface area contributed by atoms with Gasteiger partial charge in [-0.15, -0.1) is 15.3 Å². The van der Waals surface area contributed by atoms with Gasteiger partial charge in [-0.2, -0.15) is 13.2 Å². The zero-order valence-electron chi connectivity index (χ0n) is 17.1. The van der Waals surface area contributed by atoms with Crippen LogP contribution in [-0.2, 0) is 25.7 Å². The first-order valence-corrected chi connectivity index (χ1v) is 10.4. The predicted octanol–water partition coefficient (Wildman–Crippen LogP) is 1.80. The van der Waals surface area contributed by atoms with Gasteiger partial charge in [0.25, 0.3) is 11.8 Å². The number of nitrogens with one attached hydrogen (secondary N) is 2. The molecule has 3 rings (SSSR count). The number of hydrogen-bond acceptors (Lipinski definition) is 8. The smallest absolute Gasteiger partial charge is 0.354 e. The van der Waals surface area contributed by atoms with E-state index in [1.807, 2.05) is 0 Å². The van der Waals surface area contributed by atoms with Crippen molar-refractivity contribution in [2.45, 2.75) is 38.3 Å². The molecule has 3 heterocycles. The highest BCUT2D eigenvalue weighted by molar-refractivity contribution is 7.13. The molecule has 3 aromatic heterocycles. The number of carbonyl (C=O) groups is 2. The molecular weight excluding hydrogens is 468 g/mol. The molecule has 33 heavy (non-hydrogen) atoms. The zero-order chi connectivity index (χ0) is 24.0. The van der Waals surface area contributed by atoms with E-state index in [9.17, 15) is 27.2 Å². The molecule has 0 unspecified atom stereocenters. The summed E-state index contributed by atoms with van der Waals surface area (Å²) in [4.78, 5) is 27.4. The third-order valence-corrected chi connectivity index (χ3v) is 5.27. The minimum Gasteiger partial charge on any atom is -0.354 e. The van der Waals surface area contributed by atoms with Crippen molar-refractivity contribution < 1.29 is 27.2 Å². The lowest BCUT2D eigenvalue weighted by atomic mass is 10.2. The molecule has 2 amide bonds. The highest BCUT2D eigenvalue weighted by Gasteiger charge is 2.30. The molecule has 0 radical (unpaired) electrons. The minimum absolute atomic E-state index is 0.00104. The van der Waals surface area contributed by atoms with E-state index in [0.717, 1.165) is 29.7 Å². The Bertz CT molecular complexity index is 1120. The van der Waals surface area contributed by atoms with E-state index < -0.39 is 29.7 Å². The molecule has 0 spiro atoms. The van der Waals surface area contributed by atoms with Crippen molar-refractivity contribution in [1.82, 2.24) is 40.8 Å². The minimum atomic E-state index is -4.51. The fourth-order valence-corrected chi connectivity index (χ4v) is 3.41. The lowest BCUT2D eigenvalue weighted by molar-refractivity contribution is -0.137. The van der Waals surface area contributed by atoms with E-state index in [1.54, 1.807) is 0 Å². The molecule has 0 aliphatic carbocycles. The fourth-order valence-electron chi connectivity index (χ4n) is 2.64. The molecule has 10 nitrogen and oxygen atoms in total. The van der Waals surface area contributed by atoms with Gasteiger partial charge in [0.05, 0.1) is 30.5 Å². The standard InChI is InChI=1S/C18H18F4N8O2S/c1-23-15(31)13-9-30(29-26-13)8-11(19)2-3-14-27-28-17(33-14)16(32)25-7-12-6-10(4-5-24-12)18(20,21)22/h4-6,9,11H,2-3,7-8H2,1H3,(H,23,31)(H,25,32)/t11-/m1/s1. The summed E-state index contributed by atoms with van der Waals surface area (Å²) in [5, 5.41) is 20.2. The zero-order valence-corrected chi connectivity index (χ0v) is 18.0. The van der Waals surface area contributed by atoms with Gasteiger partial charge in [0, 0.05) is 19.7 Å². The van der Waals surface area contributed by atoms with Crippen LogP contribution in [0.15, 0.2) is 24.5 Å². The maximum atomic E-state index is 14.3. The Balaban J connectivity index is 1.47. The van der Waals surface area contributed by atoms with Crippen molar-refractivity contribution in [3.05, 3.63) is 51.5 Å². The Morgan fingerprint density at radius 3 is 2.73 bits per heavy atom. The summed E-state index contributed by atoms with van der Waals surface area (Å²) in [6, 6.07) is 1.68. The third kappa shape index (κ3) is 6.74. The monoisotopic (exact) mass is 486 g/mol. The third-order valence-electron chi connectivity index (χ3n) is 4.29. The quantitative estimate of drug-likeness (QED) is 0.442. The first-order chi connectivity index (χ1) is 15.7. The topological polar surface area (TPSA) is 128 Å². The summed E-state index contributed by atoms with van der Waals surface area (Å²) in [6.07, 6.45) is -3.20. The summed E-state index contributed by atoms with van der Waals surface area (Å²) < 4.78 is 53.7. The van der Waals surface area contributed by atoms with Crippen LogP contribution in [0.25, 0.3) is 0 Å². The molecule has 0 bridgehead atoms. The van der Waals surface area contributed by atoms with Crippen molar-refractivity contribution in [2.75, 3.05) is 7.05 Å². The normalized spacial score (nSPS) is 12.4. The SMILES string of the molecule is CNC(=O)c1cn(C[C@H](F)CCc2nnc(C(=O)NCc3cc(C(F)(F)F)ccn3)s2)nn1. The second-order valence-electron chi connectivity index (χ2n) is 6.76. The summed E-state index contributed by atoms with van der Waals surface area (Å²) in [5.41, 5.74) is -0.753. The van der Waals surface area contributed by atoms with Crippen LogP contribution < -0.4 is 10.6 Å². The highest BCUT2D eigenvalue weighted by Crippen LogP contribution is 2.29. The molecule has 1 atom stereocenters.